The predicted octanol–water partition coefficient (Wildman–Crippen LogP) is 4.29. The van der Waals surface area contributed by atoms with Crippen LogP contribution < -0.4 is 0 Å². The highest BCUT2D eigenvalue weighted by Crippen LogP contribution is 2.33. The molecular weight excluding hydrogens is 461 g/mol. The number of likely N-dealkylation sites (tertiary alicyclic amines) is 2. The van der Waals surface area contributed by atoms with Gasteiger partial charge in [-0.1, -0.05) is 29.3 Å². The number of H-pyrrole nitrogens is 1. The van der Waals surface area contributed by atoms with E-state index >= 15 is 0 Å². The standard InChI is InChI=1S/C24H23Cl2N5O2/c25-19-4-1-15(20(26)12-19)3-6-23(32)30-9-7-17-13-31(14-18(17)8-10-30)24(33)16-2-5-21-22(11-16)28-29-27-21/h1-6,11-12,17-18H,7-10,13-14H2,(H,27,28,29)/b6-3+/t17-,18?/m1/s1. The summed E-state index contributed by atoms with van der Waals surface area (Å²) in [7, 11) is 0. The molecule has 33 heavy (non-hydrogen) atoms. The average molecular weight is 484 g/mol. The summed E-state index contributed by atoms with van der Waals surface area (Å²) in [6.45, 7) is 2.81. The fourth-order valence-electron chi connectivity index (χ4n) is 4.79. The van der Waals surface area contributed by atoms with E-state index in [9.17, 15) is 9.59 Å². The zero-order valence-corrected chi connectivity index (χ0v) is 19.4. The van der Waals surface area contributed by atoms with Crippen LogP contribution in [0.2, 0.25) is 10.0 Å². The second-order valence-electron chi connectivity index (χ2n) is 8.66. The van der Waals surface area contributed by atoms with Gasteiger partial charge in [0.1, 0.15) is 11.0 Å². The number of carbonyl (C=O) groups is 2. The molecule has 2 aromatic carbocycles. The number of nitrogens with one attached hydrogen (secondary N) is 1. The SMILES string of the molecule is O=C(/C=C/c1ccc(Cl)cc1Cl)N1CCC2CN(C(=O)c3ccc4n[nH]nc4c3)C[C@H]2CC1. The van der Waals surface area contributed by atoms with E-state index < -0.39 is 0 Å². The van der Waals surface area contributed by atoms with E-state index in [1.807, 2.05) is 15.9 Å². The average Bonchev–Trinajstić information content (AvgIpc) is 3.39. The molecule has 9 heteroatoms. The highest BCUT2D eigenvalue weighted by molar-refractivity contribution is 6.35. The summed E-state index contributed by atoms with van der Waals surface area (Å²) in [5.41, 5.74) is 2.83. The molecule has 2 amide bonds. The molecule has 2 saturated heterocycles. The first-order valence-electron chi connectivity index (χ1n) is 11.0. The highest BCUT2D eigenvalue weighted by atomic mass is 35.5. The Hall–Kier alpha value is -2.90. The Labute approximate surface area is 201 Å². The Kier molecular flexibility index (Phi) is 6.08. The number of amides is 2. The van der Waals surface area contributed by atoms with Crippen molar-refractivity contribution in [2.45, 2.75) is 12.8 Å². The lowest BCUT2D eigenvalue weighted by atomic mass is 9.92. The maximum Gasteiger partial charge on any atom is 0.253 e. The van der Waals surface area contributed by atoms with Crippen LogP contribution in [0.1, 0.15) is 28.8 Å². The van der Waals surface area contributed by atoms with E-state index in [2.05, 4.69) is 15.4 Å². The first-order valence-corrected chi connectivity index (χ1v) is 11.8. The Morgan fingerprint density at radius 1 is 0.939 bits per heavy atom. The summed E-state index contributed by atoms with van der Waals surface area (Å²) >= 11 is 12.1. The van der Waals surface area contributed by atoms with Gasteiger partial charge in [0.05, 0.1) is 0 Å². The minimum atomic E-state index is -0.0187. The first kappa shape index (κ1) is 21.9. The Bertz CT molecular complexity index is 1220. The van der Waals surface area contributed by atoms with Crippen molar-refractivity contribution < 1.29 is 9.59 Å². The number of aromatic amines is 1. The van der Waals surface area contributed by atoms with Gasteiger partial charge in [0.15, 0.2) is 0 Å². The smallest absolute Gasteiger partial charge is 0.253 e. The van der Waals surface area contributed by atoms with Gasteiger partial charge in [0.25, 0.3) is 5.91 Å². The van der Waals surface area contributed by atoms with Crippen LogP contribution in [0.25, 0.3) is 17.1 Å². The molecule has 1 N–H and O–H groups in total. The number of hydrogen-bond acceptors (Lipinski definition) is 4. The molecule has 2 atom stereocenters. The first-order chi connectivity index (χ1) is 16.0. The summed E-state index contributed by atoms with van der Waals surface area (Å²) < 4.78 is 0. The monoisotopic (exact) mass is 483 g/mol. The van der Waals surface area contributed by atoms with Crippen LogP contribution in [0.15, 0.2) is 42.5 Å². The summed E-state index contributed by atoms with van der Waals surface area (Å²) in [5, 5.41) is 11.8. The number of fused-ring (bicyclic) bond motifs is 2. The van der Waals surface area contributed by atoms with Crippen LogP contribution in [0, 0.1) is 11.8 Å². The molecule has 0 saturated carbocycles. The lowest BCUT2D eigenvalue weighted by Crippen LogP contribution is -2.33. The van der Waals surface area contributed by atoms with Gasteiger partial charge in [-0.3, -0.25) is 9.59 Å². The topological polar surface area (TPSA) is 82.2 Å². The van der Waals surface area contributed by atoms with Crippen LogP contribution in [-0.2, 0) is 4.79 Å². The van der Waals surface area contributed by atoms with Crippen LogP contribution in [0.4, 0.5) is 0 Å². The number of benzene rings is 2. The Balaban J connectivity index is 1.19. The normalized spacial score (nSPS) is 20.9. The van der Waals surface area contributed by atoms with E-state index in [1.54, 1.807) is 42.5 Å². The quantitative estimate of drug-likeness (QED) is 0.563. The minimum absolute atomic E-state index is 0.0187. The van der Waals surface area contributed by atoms with Crippen molar-refractivity contribution in [1.29, 1.82) is 0 Å². The summed E-state index contributed by atoms with van der Waals surface area (Å²) in [6, 6.07) is 10.6. The molecule has 3 heterocycles. The fraction of sp³-hybridized carbons (Fsp3) is 0.333. The third-order valence-electron chi connectivity index (χ3n) is 6.65. The van der Waals surface area contributed by atoms with Crippen molar-refractivity contribution in [2.75, 3.05) is 26.2 Å². The van der Waals surface area contributed by atoms with Gasteiger partial charge >= 0.3 is 0 Å². The predicted molar refractivity (Wildman–Crippen MR) is 128 cm³/mol. The van der Waals surface area contributed by atoms with E-state index in [1.165, 1.54) is 0 Å². The van der Waals surface area contributed by atoms with Gasteiger partial charge in [-0.15, -0.1) is 0 Å². The minimum Gasteiger partial charge on any atom is -0.339 e. The molecule has 0 bridgehead atoms. The van der Waals surface area contributed by atoms with Gasteiger partial charge < -0.3 is 9.80 Å². The molecule has 3 aromatic rings. The van der Waals surface area contributed by atoms with E-state index in [4.69, 9.17) is 23.2 Å². The molecule has 2 fully saturated rings. The van der Waals surface area contributed by atoms with Gasteiger partial charge in [0.2, 0.25) is 5.91 Å². The fourth-order valence-corrected chi connectivity index (χ4v) is 5.26. The van der Waals surface area contributed by atoms with Crippen molar-refractivity contribution in [3.05, 3.63) is 63.6 Å². The molecule has 2 aliphatic rings. The number of rotatable bonds is 3. The maximum atomic E-state index is 13.1. The van der Waals surface area contributed by atoms with E-state index in [0.29, 0.717) is 46.1 Å². The molecule has 0 radical (unpaired) electrons. The van der Waals surface area contributed by atoms with Crippen molar-refractivity contribution in [1.82, 2.24) is 25.2 Å². The van der Waals surface area contributed by atoms with Crippen molar-refractivity contribution >= 4 is 52.1 Å². The van der Waals surface area contributed by atoms with Crippen LogP contribution >= 0.6 is 23.2 Å². The zero-order valence-electron chi connectivity index (χ0n) is 17.9. The lowest BCUT2D eigenvalue weighted by Gasteiger charge is -2.21. The molecule has 7 nitrogen and oxygen atoms in total. The number of hydrogen-bond donors (Lipinski definition) is 1. The molecule has 1 unspecified atom stereocenters. The maximum absolute atomic E-state index is 13.1. The third-order valence-corrected chi connectivity index (χ3v) is 7.21. The van der Waals surface area contributed by atoms with Crippen LogP contribution in [0.5, 0.6) is 0 Å². The molecule has 0 spiro atoms. The second kappa shape index (κ2) is 9.15. The highest BCUT2D eigenvalue weighted by Gasteiger charge is 2.37. The summed E-state index contributed by atoms with van der Waals surface area (Å²) in [4.78, 5) is 29.6. The van der Waals surface area contributed by atoms with E-state index in [0.717, 1.165) is 37.0 Å². The largest absolute Gasteiger partial charge is 0.339 e. The number of nitrogens with zero attached hydrogens (tertiary/aromatic N) is 4. The summed E-state index contributed by atoms with van der Waals surface area (Å²) in [6.07, 6.45) is 5.08. The molecule has 1 aromatic heterocycles. The Morgan fingerprint density at radius 3 is 2.39 bits per heavy atom. The molecule has 170 valence electrons. The third kappa shape index (κ3) is 4.61. The van der Waals surface area contributed by atoms with E-state index in [-0.39, 0.29) is 11.8 Å². The van der Waals surface area contributed by atoms with Gasteiger partial charge in [-0.05, 0) is 66.6 Å². The Morgan fingerprint density at radius 2 is 1.67 bits per heavy atom. The second-order valence-corrected chi connectivity index (χ2v) is 9.50. The van der Waals surface area contributed by atoms with Gasteiger partial charge in [-0.25, -0.2) is 0 Å². The van der Waals surface area contributed by atoms with Crippen molar-refractivity contribution in [2.24, 2.45) is 11.8 Å². The molecule has 0 aliphatic carbocycles. The van der Waals surface area contributed by atoms with Crippen LogP contribution in [0.3, 0.4) is 0 Å². The van der Waals surface area contributed by atoms with Gasteiger partial charge in [0, 0.05) is 47.9 Å². The number of aromatic nitrogens is 3. The van der Waals surface area contributed by atoms with Gasteiger partial charge in [-0.2, -0.15) is 15.4 Å². The number of carbonyl (C=O) groups excluding carboxylic acids is 2. The molecular formula is C24H23Cl2N5O2. The molecule has 5 rings (SSSR count). The number of halogens is 2. The lowest BCUT2D eigenvalue weighted by molar-refractivity contribution is -0.126. The van der Waals surface area contributed by atoms with Crippen LogP contribution in [-0.4, -0.2) is 63.2 Å². The molecule has 2 aliphatic heterocycles. The zero-order chi connectivity index (χ0) is 22.9. The van der Waals surface area contributed by atoms with Crippen molar-refractivity contribution in [3.63, 3.8) is 0 Å². The van der Waals surface area contributed by atoms with Crippen molar-refractivity contribution in [3.8, 4) is 0 Å². The summed E-state index contributed by atoms with van der Waals surface area (Å²) in [5.74, 6) is 0.813.